The highest BCUT2D eigenvalue weighted by molar-refractivity contribution is 6.03. The minimum Gasteiger partial charge on any atom is -0.458 e. The number of amides is 9. The third-order valence-electron chi connectivity index (χ3n) is 14.5. The predicted octanol–water partition coefficient (Wildman–Crippen LogP) is -3.58. The number of aliphatic hydroxyl groups excluding tert-OH is 5. The second kappa shape index (κ2) is 33.0. The summed E-state index contributed by atoms with van der Waals surface area (Å²) in [6.07, 6.45) is -4.66. The Bertz CT molecular complexity index is 2830. The van der Waals surface area contributed by atoms with Crippen LogP contribution in [0.25, 0.3) is 10.9 Å². The van der Waals surface area contributed by atoms with Crippen LogP contribution >= 0.6 is 0 Å². The highest BCUT2D eigenvalue weighted by Gasteiger charge is 2.43. The smallest absolute Gasteiger partial charge is 0.329 e. The summed E-state index contributed by atoms with van der Waals surface area (Å²) in [6, 6.07) is -1.37. The van der Waals surface area contributed by atoms with E-state index < -0.39 is 175 Å². The molecule has 4 rings (SSSR count). The Balaban J connectivity index is 1.95. The van der Waals surface area contributed by atoms with E-state index in [9.17, 15) is 73.5 Å². The van der Waals surface area contributed by atoms with E-state index in [4.69, 9.17) is 16.2 Å². The average Bonchev–Trinajstić information content (AvgIpc) is 3.29. The molecule has 1 aromatic heterocycles. The van der Waals surface area contributed by atoms with Crippen molar-refractivity contribution in [3.8, 4) is 0 Å². The number of esters is 1. The first-order chi connectivity index (χ1) is 40.2. The van der Waals surface area contributed by atoms with Crippen LogP contribution in [-0.4, -0.2) is 182 Å². The number of carbonyl (C=O) groups excluding carboxylic acids is 10. The molecule has 0 aliphatic carbocycles. The molecular weight excluding hydrogens is 1110 g/mol. The van der Waals surface area contributed by atoms with Gasteiger partial charge in [0.25, 0.3) is 5.91 Å². The third kappa shape index (κ3) is 19.1. The number of nitrogens with one attached hydrogen (secondary N) is 10. The molecule has 0 unspecified atom stereocenters. The van der Waals surface area contributed by atoms with Crippen molar-refractivity contribution in [1.82, 2.24) is 52.8 Å². The van der Waals surface area contributed by atoms with E-state index in [-0.39, 0.29) is 31.4 Å². The molecule has 85 heavy (non-hydrogen) atoms. The third-order valence-corrected chi connectivity index (χ3v) is 14.5. The second-order valence-electron chi connectivity index (χ2n) is 21.6. The van der Waals surface area contributed by atoms with Crippen molar-refractivity contribution in [2.24, 2.45) is 29.2 Å². The SMILES string of the molecule is C/C=C1\NC(=O)[C@@H]([C@@H](O)C(C)C)NC(=O)[C@@H](CO)NC(=O)[C@@H]([C@H](C)O)NC(=O)[C@@H](NC(=O)[C@H](N)[C@@H](C)CC)[C@@H](C(C)C)OC(=O)[C@@H](Cc2ccccc2)NC(=O)[C@H](CCCN)NC(=O)[C@H]([C@@H](O)c2c[nH]c3ccccc23)NC(=O)[C@H](CO)NC1=O. The Hall–Kier alpha value is -7.86. The van der Waals surface area contributed by atoms with E-state index in [1.807, 2.05) is 0 Å². The van der Waals surface area contributed by atoms with Gasteiger partial charge >= 0.3 is 5.97 Å². The molecular formula is C57H84N12O16. The summed E-state index contributed by atoms with van der Waals surface area (Å²) in [6.45, 7) is 9.46. The summed E-state index contributed by atoms with van der Waals surface area (Å²) in [5.41, 5.74) is 12.7. The molecule has 9 amide bonds. The van der Waals surface area contributed by atoms with Crippen LogP contribution in [0.2, 0.25) is 0 Å². The van der Waals surface area contributed by atoms with Crippen molar-refractivity contribution < 1.29 is 78.2 Å². The molecule has 2 aromatic carbocycles. The van der Waals surface area contributed by atoms with Crippen LogP contribution in [0.4, 0.5) is 0 Å². The van der Waals surface area contributed by atoms with Gasteiger partial charge in [0, 0.05) is 29.1 Å². The Morgan fingerprint density at radius 1 is 0.682 bits per heavy atom. The topological polar surface area (TPSA) is 457 Å². The minimum absolute atomic E-state index is 0.0150. The number of cyclic esters (lactones) is 1. The highest BCUT2D eigenvalue weighted by Crippen LogP contribution is 2.27. The number of fused-ring (bicyclic) bond motifs is 1. The van der Waals surface area contributed by atoms with Crippen molar-refractivity contribution in [3.05, 3.63) is 83.7 Å². The van der Waals surface area contributed by atoms with E-state index >= 15 is 0 Å². The lowest BCUT2D eigenvalue weighted by molar-refractivity contribution is -0.160. The number of H-pyrrole nitrogens is 1. The van der Waals surface area contributed by atoms with Gasteiger partial charge in [-0.25, -0.2) is 4.79 Å². The van der Waals surface area contributed by atoms with Gasteiger partial charge in [0.2, 0.25) is 47.3 Å². The van der Waals surface area contributed by atoms with Gasteiger partial charge in [0.1, 0.15) is 66.2 Å². The van der Waals surface area contributed by atoms with Gasteiger partial charge in [-0.2, -0.15) is 0 Å². The fraction of sp³-hybridized carbons (Fsp3) is 0.544. The molecule has 0 spiro atoms. The molecule has 0 bridgehead atoms. The van der Waals surface area contributed by atoms with E-state index in [1.165, 1.54) is 40.8 Å². The van der Waals surface area contributed by atoms with Crippen molar-refractivity contribution >= 4 is 70.0 Å². The molecule has 2 heterocycles. The van der Waals surface area contributed by atoms with Crippen LogP contribution in [0.15, 0.2) is 72.6 Å². The molecule has 28 nitrogen and oxygen atoms in total. The van der Waals surface area contributed by atoms with Crippen LogP contribution in [0.5, 0.6) is 0 Å². The first-order valence-corrected chi connectivity index (χ1v) is 28.2. The Labute approximate surface area is 492 Å². The van der Waals surface area contributed by atoms with Crippen molar-refractivity contribution in [3.63, 3.8) is 0 Å². The van der Waals surface area contributed by atoms with E-state index in [0.29, 0.717) is 22.9 Å². The van der Waals surface area contributed by atoms with Gasteiger partial charge in [-0.05, 0) is 62.6 Å². The van der Waals surface area contributed by atoms with Crippen LogP contribution in [0.3, 0.4) is 0 Å². The molecule has 1 aliphatic heterocycles. The maximum atomic E-state index is 14.8. The van der Waals surface area contributed by atoms with Gasteiger partial charge in [0.15, 0.2) is 0 Å². The molecule has 14 atom stereocenters. The van der Waals surface area contributed by atoms with Crippen LogP contribution in [-0.2, 0) is 59.1 Å². The molecule has 19 N–H and O–H groups in total. The van der Waals surface area contributed by atoms with Gasteiger partial charge in [0.05, 0.1) is 31.5 Å². The number of para-hydroxylation sites is 1. The van der Waals surface area contributed by atoms with E-state index in [0.717, 1.165) is 13.0 Å². The first kappa shape index (κ1) is 69.6. The zero-order chi connectivity index (χ0) is 63.4. The lowest BCUT2D eigenvalue weighted by atomic mass is 9.95. The lowest BCUT2D eigenvalue weighted by Gasteiger charge is -2.34. The molecule has 0 radical (unpaired) electrons. The van der Waals surface area contributed by atoms with Gasteiger partial charge in [-0.3, -0.25) is 43.2 Å². The number of ether oxygens (including phenoxy) is 1. The summed E-state index contributed by atoms with van der Waals surface area (Å²) in [5, 5.41) is 77.1. The van der Waals surface area contributed by atoms with Crippen LogP contribution < -0.4 is 59.3 Å². The van der Waals surface area contributed by atoms with Gasteiger partial charge in [-0.1, -0.05) is 103 Å². The molecule has 1 aliphatic rings. The number of allylic oxidation sites excluding steroid dienone is 1. The highest BCUT2D eigenvalue weighted by atomic mass is 16.5. The number of aliphatic hydroxyl groups is 5. The Morgan fingerprint density at radius 2 is 1.24 bits per heavy atom. The largest absolute Gasteiger partial charge is 0.458 e. The second-order valence-corrected chi connectivity index (χ2v) is 21.6. The minimum atomic E-state index is -2.02. The summed E-state index contributed by atoms with van der Waals surface area (Å²) in [7, 11) is 0. The molecule has 3 aromatic rings. The molecule has 28 heteroatoms. The zero-order valence-corrected chi connectivity index (χ0v) is 48.9. The number of rotatable bonds is 17. The fourth-order valence-corrected chi connectivity index (χ4v) is 9.04. The quantitative estimate of drug-likeness (QED) is 0.0459. The molecule has 0 saturated carbocycles. The number of hydrogen-bond acceptors (Lipinski definition) is 18. The number of carbonyl (C=O) groups is 10. The predicted molar refractivity (Wildman–Crippen MR) is 308 cm³/mol. The van der Waals surface area contributed by atoms with Crippen molar-refractivity contribution in [1.29, 1.82) is 0 Å². The Kier molecular flexibility index (Phi) is 27.0. The van der Waals surface area contributed by atoms with Gasteiger partial charge in [-0.15, -0.1) is 0 Å². The summed E-state index contributed by atoms with van der Waals surface area (Å²) < 4.78 is 6.10. The zero-order valence-electron chi connectivity index (χ0n) is 48.9. The number of benzene rings is 2. The standard InChI is InChI=1S/C57H84N12O16/c1-9-29(7)40(59)52(79)69-44-47(28(5)6)85-57(84)37(23-31-17-12-11-13-18-31)63-49(76)36(21-16-22-58)62-55(82)43(46(74)33-24-60-35-20-15-14-19-32(33)35)68-50(77)38(25-70)64-48(75)34(10-2)61-54(81)42(45(73)27(3)4)67-51(78)39(26-71)65-53(80)41(30(8)72)66-56(44)83/h10-15,17-20,24,27-30,36-47,60,70-74H,9,16,21-23,25-26,58-59H2,1-8H3,(H,61,81)(H,62,82)(H,63,76)(H,64,75)(H,65,80)(H,66,83)(H,67,78)(H,68,77)(H,69,79)/b34-10-/t29-,30-,36-,37+,38-,39+,40+,41+,42+,43-,44-,45-,46-,47+/m0/s1. The summed E-state index contributed by atoms with van der Waals surface area (Å²) >= 11 is 0. The van der Waals surface area contributed by atoms with Crippen LogP contribution in [0.1, 0.15) is 91.9 Å². The fourth-order valence-electron chi connectivity index (χ4n) is 9.04. The Morgan fingerprint density at radius 3 is 1.81 bits per heavy atom. The monoisotopic (exact) mass is 1190 g/mol. The number of nitrogens with two attached hydrogens (primary N) is 2. The van der Waals surface area contributed by atoms with Crippen LogP contribution in [0, 0.1) is 17.8 Å². The molecule has 1 fully saturated rings. The number of hydrogen-bond donors (Lipinski definition) is 17. The maximum Gasteiger partial charge on any atom is 0.329 e. The summed E-state index contributed by atoms with van der Waals surface area (Å²) in [4.78, 5) is 146. The van der Waals surface area contributed by atoms with Crippen molar-refractivity contribution in [2.75, 3.05) is 19.8 Å². The lowest BCUT2D eigenvalue weighted by Crippen LogP contribution is -2.65. The van der Waals surface area contributed by atoms with Gasteiger partial charge < -0.3 is 94.6 Å². The van der Waals surface area contributed by atoms with E-state index in [2.05, 4.69) is 52.8 Å². The number of aromatic nitrogens is 1. The van der Waals surface area contributed by atoms with Crippen molar-refractivity contribution in [2.45, 2.75) is 160 Å². The maximum absolute atomic E-state index is 14.8. The normalized spacial score (nSPS) is 25.7. The first-order valence-electron chi connectivity index (χ1n) is 28.2. The van der Waals surface area contributed by atoms with E-state index in [1.54, 1.807) is 68.4 Å². The molecule has 468 valence electrons. The average molecular weight is 1190 g/mol. The molecule has 1 saturated heterocycles. The summed E-state index contributed by atoms with van der Waals surface area (Å²) in [5.74, 6) is -14.0. The number of aromatic amines is 1.